The van der Waals surface area contributed by atoms with Gasteiger partial charge in [-0.05, 0) is 31.5 Å². The van der Waals surface area contributed by atoms with Gasteiger partial charge in [0.25, 0.3) is 0 Å². The molecule has 1 heterocycles. The van der Waals surface area contributed by atoms with E-state index in [0.717, 1.165) is 0 Å². The summed E-state index contributed by atoms with van der Waals surface area (Å²) in [5, 5.41) is 2.65. The predicted molar refractivity (Wildman–Crippen MR) is 81.6 cm³/mol. The molecule has 6 nitrogen and oxygen atoms in total. The Morgan fingerprint density at radius 3 is 2.54 bits per heavy atom. The summed E-state index contributed by atoms with van der Waals surface area (Å²) in [7, 11) is 0. The van der Waals surface area contributed by atoms with E-state index in [1.54, 1.807) is 6.07 Å². The number of ether oxygens (including phenoxy) is 1. The number of alkyl halides is 3. The van der Waals surface area contributed by atoms with Crippen LogP contribution in [-0.4, -0.2) is 30.4 Å². The number of benzene rings is 1. The van der Waals surface area contributed by atoms with E-state index >= 15 is 0 Å². The van der Waals surface area contributed by atoms with Gasteiger partial charge in [-0.15, -0.1) is 13.2 Å². The van der Waals surface area contributed by atoms with Gasteiger partial charge in [0.2, 0.25) is 5.91 Å². The van der Waals surface area contributed by atoms with Crippen molar-refractivity contribution in [2.75, 3.05) is 0 Å². The first-order valence-corrected chi connectivity index (χ1v) is 7.56. The van der Waals surface area contributed by atoms with E-state index in [9.17, 15) is 18.0 Å². The first kappa shape index (κ1) is 18.5. The van der Waals surface area contributed by atoms with Crippen molar-refractivity contribution in [3.63, 3.8) is 0 Å². The minimum atomic E-state index is -4.75. The molecule has 1 aliphatic heterocycles. The van der Waals surface area contributed by atoms with Crippen LogP contribution in [-0.2, 0) is 11.3 Å². The lowest BCUT2D eigenvalue weighted by atomic mass is 9.88. The fraction of sp³-hybridized carbons (Fsp3) is 0.533. The summed E-state index contributed by atoms with van der Waals surface area (Å²) in [6, 6.07) is 4.78. The van der Waals surface area contributed by atoms with E-state index in [-0.39, 0.29) is 36.2 Å². The molecule has 0 bridgehead atoms. The van der Waals surface area contributed by atoms with Crippen molar-refractivity contribution < 1.29 is 22.7 Å². The Labute approximate surface area is 137 Å². The molecular formula is C15H21F3N4O2. The molecule has 0 spiro atoms. The van der Waals surface area contributed by atoms with Crippen molar-refractivity contribution >= 4 is 5.91 Å². The van der Waals surface area contributed by atoms with Crippen LogP contribution in [0.3, 0.4) is 0 Å². The molecule has 1 amide bonds. The predicted octanol–water partition coefficient (Wildman–Crippen LogP) is 1.03. The summed E-state index contributed by atoms with van der Waals surface area (Å²) in [6.45, 7) is 3.91. The molecule has 1 aromatic rings. The number of halogens is 3. The van der Waals surface area contributed by atoms with Crippen LogP contribution in [0.25, 0.3) is 0 Å². The zero-order valence-corrected chi connectivity index (χ0v) is 13.4. The quantitative estimate of drug-likeness (QED) is 0.640. The van der Waals surface area contributed by atoms with Gasteiger partial charge in [-0.3, -0.25) is 15.6 Å². The van der Waals surface area contributed by atoms with Gasteiger partial charge in [-0.1, -0.05) is 12.1 Å². The zero-order valence-electron chi connectivity index (χ0n) is 13.4. The van der Waals surface area contributed by atoms with Crippen molar-refractivity contribution in [2.45, 2.75) is 44.9 Å². The number of hydrogen-bond acceptors (Lipinski definition) is 5. The van der Waals surface area contributed by atoms with E-state index in [1.165, 1.54) is 18.2 Å². The highest BCUT2D eigenvalue weighted by atomic mass is 19.4. The van der Waals surface area contributed by atoms with E-state index in [0.29, 0.717) is 5.56 Å². The number of hydrogen-bond donors (Lipinski definition) is 4. The van der Waals surface area contributed by atoms with Gasteiger partial charge >= 0.3 is 6.36 Å². The maximum atomic E-state index is 12.2. The van der Waals surface area contributed by atoms with Gasteiger partial charge in [-0.2, -0.15) is 0 Å². The molecular weight excluding hydrogens is 325 g/mol. The third kappa shape index (κ3) is 4.83. The van der Waals surface area contributed by atoms with Crippen LogP contribution in [0.4, 0.5) is 13.2 Å². The minimum absolute atomic E-state index is 0.0317. The van der Waals surface area contributed by atoms with Gasteiger partial charge < -0.3 is 15.8 Å². The van der Waals surface area contributed by atoms with Gasteiger partial charge in [0, 0.05) is 24.5 Å². The Kier molecular flexibility index (Phi) is 5.68. The van der Waals surface area contributed by atoms with Crippen molar-refractivity contribution in [1.82, 2.24) is 16.2 Å². The maximum absolute atomic E-state index is 12.2. The number of hydrazine groups is 1. The van der Waals surface area contributed by atoms with Crippen molar-refractivity contribution in [3.8, 4) is 5.75 Å². The smallest absolute Gasteiger partial charge is 0.406 e. The average molecular weight is 346 g/mol. The molecule has 0 saturated carbocycles. The molecule has 0 radical (unpaired) electrons. The third-order valence-electron chi connectivity index (χ3n) is 4.01. The zero-order chi connectivity index (χ0) is 17.9. The molecule has 3 atom stereocenters. The highest BCUT2D eigenvalue weighted by Gasteiger charge is 2.37. The van der Waals surface area contributed by atoms with Crippen LogP contribution in [0.1, 0.15) is 19.4 Å². The fourth-order valence-corrected chi connectivity index (χ4v) is 2.84. The molecule has 1 aromatic carbocycles. The standard InChI is InChI=1S/C15H21F3N4O2/c1-8-12(9(2)22-21-8)13(19)14(23)20-7-10-4-3-5-11(6-10)24-15(16,17)18/h3-6,8-9,12-13,21-22H,7,19H2,1-2H3,(H,20,23). The number of amides is 1. The van der Waals surface area contributed by atoms with E-state index < -0.39 is 12.4 Å². The molecule has 24 heavy (non-hydrogen) atoms. The summed E-state index contributed by atoms with van der Waals surface area (Å²) >= 11 is 0. The number of rotatable bonds is 5. The lowest BCUT2D eigenvalue weighted by molar-refractivity contribution is -0.274. The molecule has 0 aromatic heterocycles. The monoisotopic (exact) mass is 346 g/mol. The Morgan fingerprint density at radius 1 is 1.33 bits per heavy atom. The Bertz CT molecular complexity index is 572. The van der Waals surface area contributed by atoms with E-state index in [1.807, 2.05) is 13.8 Å². The van der Waals surface area contributed by atoms with Crippen LogP contribution in [0.5, 0.6) is 5.75 Å². The topological polar surface area (TPSA) is 88.4 Å². The average Bonchev–Trinajstić information content (AvgIpc) is 2.82. The first-order chi connectivity index (χ1) is 11.2. The van der Waals surface area contributed by atoms with Gasteiger partial charge in [0.05, 0.1) is 6.04 Å². The fourth-order valence-electron chi connectivity index (χ4n) is 2.84. The molecule has 2 rings (SSSR count). The SMILES string of the molecule is CC1NNC(C)C1C(N)C(=O)NCc1cccc(OC(F)(F)F)c1. The van der Waals surface area contributed by atoms with E-state index in [4.69, 9.17) is 5.73 Å². The highest BCUT2D eigenvalue weighted by Crippen LogP contribution is 2.23. The Balaban J connectivity index is 1.93. The molecule has 134 valence electrons. The van der Waals surface area contributed by atoms with E-state index in [2.05, 4.69) is 20.9 Å². The summed E-state index contributed by atoms with van der Waals surface area (Å²) < 4.78 is 40.5. The lowest BCUT2D eigenvalue weighted by Crippen LogP contribution is -2.50. The number of carbonyl (C=O) groups excluding carboxylic acids is 1. The molecule has 5 N–H and O–H groups in total. The van der Waals surface area contributed by atoms with Crippen molar-refractivity contribution in [3.05, 3.63) is 29.8 Å². The second-order valence-electron chi connectivity index (χ2n) is 5.88. The Hall–Kier alpha value is -1.84. The lowest BCUT2D eigenvalue weighted by Gasteiger charge is -2.24. The van der Waals surface area contributed by atoms with Gasteiger partial charge in [0.1, 0.15) is 5.75 Å². The van der Waals surface area contributed by atoms with Crippen LogP contribution in [0.15, 0.2) is 24.3 Å². The number of carbonyl (C=O) groups is 1. The Morgan fingerprint density at radius 2 is 1.96 bits per heavy atom. The highest BCUT2D eigenvalue weighted by molar-refractivity contribution is 5.82. The minimum Gasteiger partial charge on any atom is -0.406 e. The van der Waals surface area contributed by atoms with Crippen molar-refractivity contribution in [1.29, 1.82) is 0 Å². The van der Waals surface area contributed by atoms with Crippen LogP contribution < -0.4 is 26.6 Å². The van der Waals surface area contributed by atoms with Gasteiger partial charge in [0.15, 0.2) is 0 Å². The van der Waals surface area contributed by atoms with Gasteiger partial charge in [-0.25, -0.2) is 0 Å². The largest absolute Gasteiger partial charge is 0.573 e. The summed E-state index contributed by atoms with van der Waals surface area (Å²) in [4.78, 5) is 12.2. The molecule has 1 fully saturated rings. The molecule has 3 unspecified atom stereocenters. The van der Waals surface area contributed by atoms with Crippen molar-refractivity contribution in [2.24, 2.45) is 11.7 Å². The summed E-state index contributed by atoms with van der Waals surface area (Å²) in [6.07, 6.45) is -4.75. The summed E-state index contributed by atoms with van der Waals surface area (Å²) in [5.41, 5.74) is 12.6. The van der Waals surface area contributed by atoms with Crippen LogP contribution in [0, 0.1) is 5.92 Å². The normalized spacial score (nSPS) is 25.3. The molecule has 1 saturated heterocycles. The maximum Gasteiger partial charge on any atom is 0.573 e. The molecule has 9 heteroatoms. The third-order valence-corrected chi connectivity index (χ3v) is 4.01. The van der Waals surface area contributed by atoms with Crippen LogP contribution in [0.2, 0.25) is 0 Å². The molecule has 1 aliphatic rings. The second-order valence-corrected chi connectivity index (χ2v) is 5.88. The number of nitrogens with one attached hydrogen (secondary N) is 3. The first-order valence-electron chi connectivity index (χ1n) is 7.56. The molecule has 0 aliphatic carbocycles. The number of nitrogens with two attached hydrogens (primary N) is 1. The second kappa shape index (κ2) is 7.37. The summed E-state index contributed by atoms with van der Waals surface area (Å²) in [5.74, 6) is -0.777. The van der Waals surface area contributed by atoms with Crippen LogP contribution >= 0.6 is 0 Å².